The highest BCUT2D eigenvalue weighted by molar-refractivity contribution is 8.03. The van der Waals surface area contributed by atoms with Crippen LogP contribution in [0.1, 0.15) is 33.1 Å². The average molecular weight is 424 g/mol. The fourth-order valence-corrected chi connectivity index (χ4v) is 7.05. The Morgan fingerprint density at radius 1 is 1.24 bits per heavy atom. The number of likely N-dealkylation sites (tertiary alicyclic amines) is 2. The van der Waals surface area contributed by atoms with Gasteiger partial charge < -0.3 is 24.9 Å². The Hall–Kier alpha value is -1.09. The van der Waals surface area contributed by atoms with Crippen molar-refractivity contribution in [2.45, 2.75) is 50.5 Å². The molecule has 4 aliphatic heterocycles. The second kappa shape index (κ2) is 8.21. The van der Waals surface area contributed by atoms with E-state index in [2.05, 4.69) is 16.8 Å². The van der Waals surface area contributed by atoms with Crippen LogP contribution in [-0.2, 0) is 9.59 Å². The van der Waals surface area contributed by atoms with Crippen molar-refractivity contribution >= 4 is 23.6 Å². The molecule has 4 heterocycles. The van der Waals surface area contributed by atoms with Crippen LogP contribution in [0.15, 0.2) is 10.6 Å². The summed E-state index contributed by atoms with van der Waals surface area (Å²) in [6, 6.07) is -0.215. The number of thioether (sulfide) groups is 1. The number of carboxylic acid groups (broad SMARTS) is 1. The molecule has 0 bridgehead atoms. The smallest absolute Gasteiger partial charge is 0.353 e. The number of carboxylic acids is 1. The van der Waals surface area contributed by atoms with Crippen molar-refractivity contribution in [2.75, 3.05) is 39.8 Å². The van der Waals surface area contributed by atoms with Gasteiger partial charge in [-0.2, -0.15) is 0 Å². The minimum atomic E-state index is -1.03. The molecule has 0 spiro atoms. The molecule has 1 amide bonds. The van der Waals surface area contributed by atoms with E-state index in [1.54, 1.807) is 18.7 Å². The Balaban J connectivity index is 1.40. The SMILES string of the molecule is CC(O)[C@H]1C(=O)N2C(C(=O)O)=C(S[C@@H]3CCN(CC4CCN(C)CC4)C3)[C@H](C)[C@H]12. The number of carbonyl (C=O) groups excluding carboxylic acids is 1. The van der Waals surface area contributed by atoms with E-state index in [0.29, 0.717) is 5.25 Å². The number of piperidine rings is 1. The van der Waals surface area contributed by atoms with Gasteiger partial charge in [-0.3, -0.25) is 4.79 Å². The number of hydrogen-bond donors (Lipinski definition) is 2. The maximum Gasteiger partial charge on any atom is 0.353 e. The number of fused-ring (bicyclic) bond motifs is 1. The van der Waals surface area contributed by atoms with E-state index in [1.807, 2.05) is 6.92 Å². The van der Waals surface area contributed by atoms with E-state index >= 15 is 0 Å². The van der Waals surface area contributed by atoms with E-state index in [-0.39, 0.29) is 23.6 Å². The van der Waals surface area contributed by atoms with Crippen LogP contribution >= 0.6 is 11.8 Å². The van der Waals surface area contributed by atoms with Gasteiger partial charge in [0.05, 0.1) is 18.1 Å². The Morgan fingerprint density at radius 2 is 1.93 bits per heavy atom. The van der Waals surface area contributed by atoms with Crippen LogP contribution in [0.4, 0.5) is 0 Å². The highest BCUT2D eigenvalue weighted by Gasteiger charge is 2.60. The van der Waals surface area contributed by atoms with Gasteiger partial charge in [-0.1, -0.05) is 6.92 Å². The summed E-state index contributed by atoms with van der Waals surface area (Å²) in [7, 11) is 2.19. The maximum atomic E-state index is 12.5. The number of aliphatic hydroxyl groups excluding tert-OH is 1. The van der Waals surface area contributed by atoms with Crippen molar-refractivity contribution in [3.63, 3.8) is 0 Å². The third-order valence-electron chi connectivity index (χ3n) is 7.19. The summed E-state index contributed by atoms with van der Waals surface area (Å²) in [6.07, 6.45) is 2.83. The van der Waals surface area contributed by atoms with Gasteiger partial charge in [-0.25, -0.2) is 4.79 Å². The van der Waals surface area contributed by atoms with E-state index in [0.717, 1.165) is 36.9 Å². The van der Waals surface area contributed by atoms with Crippen LogP contribution in [0.25, 0.3) is 0 Å². The number of carbonyl (C=O) groups is 2. The van der Waals surface area contributed by atoms with Gasteiger partial charge in [-0.15, -0.1) is 11.8 Å². The average Bonchev–Trinajstić information content (AvgIpc) is 3.18. The summed E-state index contributed by atoms with van der Waals surface area (Å²) in [6.45, 7) is 9.17. The van der Waals surface area contributed by atoms with Crippen LogP contribution < -0.4 is 0 Å². The van der Waals surface area contributed by atoms with Gasteiger partial charge in [0.25, 0.3) is 0 Å². The third kappa shape index (κ3) is 3.84. The van der Waals surface area contributed by atoms with Gasteiger partial charge in [0.2, 0.25) is 5.91 Å². The Morgan fingerprint density at radius 3 is 2.55 bits per heavy atom. The molecule has 0 aromatic rings. The van der Waals surface area contributed by atoms with Crippen LogP contribution in [0.3, 0.4) is 0 Å². The van der Waals surface area contributed by atoms with Gasteiger partial charge in [0, 0.05) is 29.2 Å². The van der Waals surface area contributed by atoms with Crippen LogP contribution in [0, 0.1) is 17.8 Å². The topological polar surface area (TPSA) is 84.3 Å². The molecule has 3 saturated heterocycles. The van der Waals surface area contributed by atoms with Crippen molar-refractivity contribution in [1.29, 1.82) is 0 Å². The van der Waals surface area contributed by atoms with Crippen molar-refractivity contribution in [2.24, 2.45) is 17.8 Å². The normalized spacial score (nSPS) is 35.2. The largest absolute Gasteiger partial charge is 0.477 e. The number of hydrogen-bond acceptors (Lipinski definition) is 6. The Bertz CT molecular complexity index is 704. The quantitative estimate of drug-likeness (QED) is 0.623. The zero-order chi connectivity index (χ0) is 20.9. The highest BCUT2D eigenvalue weighted by Crippen LogP contribution is 2.51. The van der Waals surface area contributed by atoms with Gasteiger partial charge in [-0.05, 0) is 58.8 Å². The molecular weight excluding hydrogens is 390 g/mol. The zero-order valence-electron chi connectivity index (χ0n) is 17.6. The minimum Gasteiger partial charge on any atom is -0.477 e. The minimum absolute atomic E-state index is 0.0358. The molecule has 8 heteroatoms. The molecule has 0 radical (unpaired) electrons. The second-order valence-corrected chi connectivity index (χ2v) is 10.6. The monoisotopic (exact) mass is 423 g/mol. The number of amides is 1. The third-order valence-corrected chi connectivity index (χ3v) is 8.73. The number of nitrogens with zero attached hydrogens (tertiary/aromatic N) is 3. The first-order valence-corrected chi connectivity index (χ1v) is 11.7. The summed E-state index contributed by atoms with van der Waals surface area (Å²) in [4.78, 5) is 31.6. The lowest BCUT2D eigenvalue weighted by molar-refractivity contribution is -0.163. The van der Waals surface area contributed by atoms with Crippen LogP contribution in [0.2, 0.25) is 0 Å². The lowest BCUT2D eigenvalue weighted by Gasteiger charge is -2.46. The maximum absolute atomic E-state index is 12.5. The summed E-state index contributed by atoms with van der Waals surface area (Å²) in [5, 5.41) is 20.1. The number of β-lactam (4-membered cyclic amide) rings is 1. The highest BCUT2D eigenvalue weighted by atomic mass is 32.2. The summed E-state index contributed by atoms with van der Waals surface area (Å²) in [5.74, 6) is -1.03. The molecule has 5 atom stereocenters. The molecule has 0 aliphatic carbocycles. The van der Waals surface area contributed by atoms with Crippen molar-refractivity contribution in [1.82, 2.24) is 14.7 Å². The number of aliphatic carboxylic acids is 1. The summed E-state index contributed by atoms with van der Waals surface area (Å²) in [5.41, 5.74) is 0.156. The zero-order valence-corrected chi connectivity index (χ0v) is 18.4. The summed E-state index contributed by atoms with van der Waals surface area (Å²) < 4.78 is 0. The molecule has 2 N–H and O–H groups in total. The lowest BCUT2D eigenvalue weighted by Crippen LogP contribution is -2.63. The number of aliphatic hydroxyl groups is 1. The first-order chi connectivity index (χ1) is 13.8. The molecule has 0 saturated carbocycles. The first kappa shape index (κ1) is 21.2. The predicted octanol–water partition coefficient (Wildman–Crippen LogP) is 1.29. The fourth-order valence-electron chi connectivity index (χ4n) is 5.53. The molecule has 162 valence electrons. The van der Waals surface area contributed by atoms with Crippen LogP contribution in [0.5, 0.6) is 0 Å². The van der Waals surface area contributed by atoms with Gasteiger partial charge in [0.15, 0.2) is 0 Å². The van der Waals surface area contributed by atoms with Crippen LogP contribution in [-0.4, -0.2) is 94.0 Å². The molecule has 4 rings (SSSR count). The molecule has 4 aliphatic rings. The molecule has 1 unspecified atom stereocenters. The molecule has 0 aromatic carbocycles. The fraction of sp³-hybridized carbons (Fsp3) is 0.810. The van der Waals surface area contributed by atoms with Crippen molar-refractivity contribution in [3.8, 4) is 0 Å². The van der Waals surface area contributed by atoms with Crippen molar-refractivity contribution in [3.05, 3.63) is 10.6 Å². The second-order valence-electron chi connectivity index (χ2n) is 9.31. The number of rotatable bonds is 6. The molecular formula is C21H33N3O4S. The Kier molecular flexibility index (Phi) is 5.99. The lowest BCUT2D eigenvalue weighted by atomic mass is 9.79. The molecule has 3 fully saturated rings. The molecule has 0 aromatic heterocycles. The van der Waals surface area contributed by atoms with Gasteiger partial charge in [0.1, 0.15) is 5.70 Å². The Labute approximate surface area is 177 Å². The predicted molar refractivity (Wildman–Crippen MR) is 112 cm³/mol. The van der Waals surface area contributed by atoms with Crippen molar-refractivity contribution < 1.29 is 19.8 Å². The molecule has 29 heavy (non-hydrogen) atoms. The first-order valence-electron chi connectivity index (χ1n) is 10.8. The van der Waals surface area contributed by atoms with E-state index < -0.39 is 18.0 Å². The van der Waals surface area contributed by atoms with E-state index in [9.17, 15) is 19.8 Å². The van der Waals surface area contributed by atoms with Gasteiger partial charge >= 0.3 is 5.97 Å². The molecule has 7 nitrogen and oxygen atoms in total. The van der Waals surface area contributed by atoms with E-state index in [1.165, 1.54) is 30.8 Å². The van der Waals surface area contributed by atoms with E-state index in [4.69, 9.17) is 0 Å². The standard InChI is InChI=1S/C21H33N3O4S/c1-12-17-16(13(2)25)20(26)24(17)18(21(27)28)19(12)29-15-6-9-23(11-15)10-14-4-7-22(3)8-5-14/h12-17,25H,4-11H2,1-3H3,(H,27,28)/t12-,13?,15-,16-,17-/m1/s1. The summed E-state index contributed by atoms with van der Waals surface area (Å²) >= 11 is 1.66.